The topological polar surface area (TPSA) is 60.9 Å². The molecule has 1 fully saturated rings. The molecule has 0 radical (unpaired) electrons. The lowest BCUT2D eigenvalue weighted by atomic mass is 10.1. The highest BCUT2D eigenvalue weighted by molar-refractivity contribution is 7.86. The Bertz CT molecular complexity index is 305. The molecule has 96 valence electrons. The molecule has 1 rings (SSSR count). The summed E-state index contributed by atoms with van der Waals surface area (Å²) in [6.07, 6.45) is 3.47. The first-order valence-electron chi connectivity index (χ1n) is 5.84. The van der Waals surface area contributed by atoms with Gasteiger partial charge >= 0.3 is 0 Å². The van der Waals surface area contributed by atoms with E-state index in [1.54, 1.807) is 11.4 Å². The van der Waals surface area contributed by atoms with Crippen LogP contribution in [-0.4, -0.2) is 54.9 Å². The SMILES string of the molecule is CC1CCCCN1S(=O)(=O)N(C)CCCO. The minimum absolute atomic E-state index is 0.0232. The lowest BCUT2D eigenvalue weighted by molar-refractivity contribution is 0.241. The Morgan fingerprint density at radius 1 is 1.44 bits per heavy atom. The highest BCUT2D eigenvalue weighted by atomic mass is 32.2. The molecule has 0 aromatic heterocycles. The Kier molecular flexibility index (Phi) is 5.17. The zero-order valence-corrected chi connectivity index (χ0v) is 10.9. The van der Waals surface area contributed by atoms with Crippen LogP contribution in [-0.2, 0) is 10.2 Å². The Labute approximate surface area is 98.2 Å². The van der Waals surface area contributed by atoms with E-state index in [0.717, 1.165) is 19.3 Å². The van der Waals surface area contributed by atoms with Gasteiger partial charge in [0.2, 0.25) is 0 Å². The summed E-state index contributed by atoms with van der Waals surface area (Å²) >= 11 is 0. The van der Waals surface area contributed by atoms with Gasteiger partial charge in [-0.15, -0.1) is 0 Å². The van der Waals surface area contributed by atoms with Gasteiger partial charge in [0.05, 0.1) is 0 Å². The van der Waals surface area contributed by atoms with Crippen LogP contribution in [0, 0.1) is 0 Å². The minimum atomic E-state index is -3.33. The van der Waals surface area contributed by atoms with E-state index in [2.05, 4.69) is 0 Å². The van der Waals surface area contributed by atoms with Crippen molar-refractivity contribution in [3.63, 3.8) is 0 Å². The van der Waals surface area contributed by atoms with E-state index in [-0.39, 0.29) is 12.6 Å². The van der Waals surface area contributed by atoms with Gasteiger partial charge in [0.15, 0.2) is 0 Å². The highest BCUT2D eigenvalue weighted by Gasteiger charge is 2.32. The molecule has 0 aliphatic carbocycles. The number of aliphatic hydroxyl groups excluding tert-OH is 1. The van der Waals surface area contributed by atoms with Crippen molar-refractivity contribution in [1.29, 1.82) is 0 Å². The van der Waals surface area contributed by atoms with Crippen molar-refractivity contribution in [2.75, 3.05) is 26.7 Å². The Morgan fingerprint density at radius 2 is 2.12 bits per heavy atom. The normalized spacial score (nSPS) is 23.9. The van der Waals surface area contributed by atoms with Crippen molar-refractivity contribution in [2.24, 2.45) is 0 Å². The zero-order valence-electron chi connectivity index (χ0n) is 10.1. The van der Waals surface area contributed by atoms with Crippen molar-refractivity contribution in [3.8, 4) is 0 Å². The first kappa shape index (κ1) is 13.9. The molecule has 1 aliphatic heterocycles. The lowest BCUT2D eigenvalue weighted by Gasteiger charge is -2.35. The summed E-state index contributed by atoms with van der Waals surface area (Å²) in [6, 6.07) is 0.0929. The van der Waals surface area contributed by atoms with Crippen LogP contribution in [0.2, 0.25) is 0 Å². The Hall–Kier alpha value is -0.170. The summed E-state index contributed by atoms with van der Waals surface area (Å²) in [5, 5.41) is 8.71. The number of hydrogen-bond donors (Lipinski definition) is 1. The van der Waals surface area contributed by atoms with Crippen LogP contribution in [0.15, 0.2) is 0 Å². The van der Waals surface area contributed by atoms with Crippen LogP contribution in [0.1, 0.15) is 32.6 Å². The molecule has 0 spiro atoms. The van der Waals surface area contributed by atoms with E-state index in [1.807, 2.05) is 6.92 Å². The summed E-state index contributed by atoms with van der Waals surface area (Å²) in [5.74, 6) is 0. The number of nitrogens with zero attached hydrogens (tertiary/aromatic N) is 2. The van der Waals surface area contributed by atoms with Gasteiger partial charge in [0.1, 0.15) is 0 Å². The van der Waals surface area contributed by atoms with Gasteiger partial charge < -0.3 is 5.11 Å². The molecule has 16 heavy (non-hydrogen) atoms. The smallest absolute Gasteiger partial charge is 0.281 e. The summed E-state index contributed by atoms with van der Waals surface area (Å²) in [5.41, 5.74) is 0. The maximum absolute atomic E-state index is 12.2. The van der Waals surface area contributed by atoms with Crippen LogP contribution in [0.5, 0.6) is 0 Å². The third-order valence-corrected chi connectivity index (χ3v) is 5.17. The zero-order chi connectivity index (χ0) is 12.2. The molecule has 0 amide bonds. The second kappa shape index (κ2) is 5.95. The van der Waals surface area contributed by atoms with Gasteiger partial charge in [-0.3, -0.25) is 0 Å². The molecule has 0 saturated carbocycles. The number of piperidine rings is 1. The predicted molar refractivity (Wildman–Crippen MR) is 63.3 cm³/mol. The average molecular weight is 250 g/mol. The molecule has 0 aromatic carbocycles. The first-order valence-corrected chi connectivity index (χ1v) is 7.24. The second-order valence-corrected chi connectivity index (χ2v) is 6.35. The quantitative estimate of drug-likeness (QED) is 0.769. The van der Waals surface area contributed by atoms with E-state index < -0.39 is 10.2 Å². The van der Waals surface area contributed by atoms with Crippen LogP contribution >= 0.6 is 0 Å². The highest BCUT2D eigenvalue weighted by Crippen LogP contribution is 2.21. The lowest BCUT2D eigenvalue weighted by Crippen LogP contribution is -2.48. The van der Waals surface area contributed by atoms with Crippen LogP contribution in [0.25, 0.3) is 0 Å². The van der Waals surface area contributed by atoms with Crippen LogP contribution < -0.4 is 0 Å². The van der Waals surface area contributed by atoms with Crippen molar-refractivity contribution in [1.82, 2.24) is 8.61 Å². The third-order valence-electron chi connectivity index (χ3n) is 3.06. The molecule has 1 N–H and O–H groups in total. The second-order valence-electron chi connectivity index (χ2n) is 4.36. The summed E-state index contributed by atoms with van der Waals surface area (Å²) in [4.78, 5) is 0. The summed E-state index contributed by atoms with van der Waals surface area (Å²) in [7, 11) is -1.75. The Morgan fingerprint density at radius 3 is 2.69 bits per heavy atom. The summed E-state index contributed by atoms with van der Waals surface area (Å²) in [6.45, 7) is 2.97. The fourth-order valence-corrected chi connectivity index (χ4v) is 3.64. The fourth-order valence-electron chi connectivity index (χ4n) is 2.00. The van der Waals surface area contributed by atoms with Crippen LogP contribution in [0.4, 0.5) is 0 Å². The van der Waals surface area contributed by atoms with E-state index in [0.29, 0.717) is 19.5 Å². The largest absolute Gasteiger partial charge is 0.396 e. The van der Waals surface area contributed by atoms with Gasteiger partial charge in [0.25, 0.3) is 10.2 Å². The molecule has 1 aliphatic rings. The van der Waals surface area contributed by atoms with Crippen LogP contribution in [0.3, 0.4) is 0 Å². The van der Waals surface area contributed by atoms with Crippen molar-refractivity contribution >= 4 is 10.2 Å². The molecule has 1 atom stereocenters. The monoisotopic (exact) mass is 250 g/mol. The standard InChI is InChI=1S/C10H22N2O3S/c1-10-6-3-4-8-12(10)16(14,15)11(2)7-5-9-13/h10,13H,3-9H2,1-2H3. The molecule has 5 nitrogen and oxygen atoms in total. The number of aliphatic hydroxyl groups is 1. The molecule has 1 saturated heterocycles. The predicted octanol–water partition coefficient (Wildman–Crippen LogP) is 0.420. The Balaban J connectivity index is 2.67. The molecular formula is C10H22N2O3S. The van der Waals surface area contributed by atoms with Crippen molar-refractivity contribution in [2.45, 2.75) is 38.6 Å². The third kappa shape index (κ3) is 3.16. The fraction of sp³-hybridized carbons (Fsp3) is 1.00. The number of rotatable bonds is 5. The molecule has 0 aromatic rings. The molecule has 1 heterocycles. The molecule has 6 heteroatoms. The molecule has 0 bridgehead atoms. The van der Waals surface area contributed by atoms with Gasteiger partial charge in [-0.25, -0.2) is 0 Å². The van der Waals surface area contributed by atoms with Crippen molar-refractivity contribution in [3.05, 3.63) is 0 Å². The van der Waals surface area contributed by atoms with E-state index in [9.17, 15) is 8.42 Å². The maximum Gasteiger partial charge on any atom is 0.281 e. The first-order chi connectivity index (χ1) is 7.50. The van der Waals surface area contributed by atoms with Gasteiger partial charge in [-0.1, -0.05) is 6.42 Å². The van der Waals surface area contributed by atoms with Gasteiger partial charge in [-0.05, 0) is 26.2 Å². The molecular weight excluding hydrogens is 228 g/mol. The average Bonchev–Trinajstić information content (AvgIpc) is 2.26. The van der Waals surface area contributed by atoms with E-state index in [4.69, 9.17) is 5.11 Å². The summed E-state index contributed by atoms with van der Waals surface area (Å²) < 4.78 is 27.3. The molecule has 1 unspecified atom stereocenters. The van der Waals surface area contributed by atoms with Gasteiger partial charge in [-0.2, -0.15) is 17.0 Å². The minimum Gasteiger partial charge on any atom is -0.396 e. The van der Waals surface area contributed by atoms with E-state index >= 15 is 0 Å². The van der Waals surface area contributed by atoms with E-state index in [1.165, 1.54) is 4.31 Å². The number of hydrogen-bond acceptors (Lipinski definition) is 3. The maximum atomic E-state index is 12.2. The van der Waals surface area contributed by atoms with Gasteiger partial charge in [0, 0.05) is 32.8 Å². The van der Waals surface area contributed by atoms with Crippen molar-refractivity contribution < 1.29 is 13.5 Å².